The van der Waals surface area contributed by atoms with Crippen molar-refractivity contribution in [2.75, 3.05) is 19.3 Å². The predicted octanol–water partition coefficient (Wildman–Crippen LogP) is 3.21. The fourth-order valence-electron chi connectivity index (χ4n) is 3.42. The lowest BCUT2D eigenvalue weighted by atomic mass is 9.94. The van der Waals surface area contributed by atoms with Gasteiger partial charge in [-0.25, -0.2) is 0 Å². The Morgan fingerprint density at radius 1 is 1.30 bits per heavy atom. The molecule has 0 aromatic rings. The van der Waals surface area contributed by atoms with Gasteiger partial charge in [-0.3, -0.25) is 9.20 Å². The van der Waals surface area contributed by atoms with Crippen molar-refractivity contribution >= 4 is 40.7 Å². The number of hydrogen-bond donors (Lipinski definition) is 2. The molecular weight excluding hydrogens is 421 g/mol. The Morgan fingerprint density at radius 2 is 2.13 bits per heavy atom. The summed E-state index contributed by atoms with van der Waals surface area (Å²) in [5.74, 6) is 2.40. The van der Waals surface area contributed by atoms with Crippen LogP contribution in [0.25, 0.3) is 0 Å². The van der Waals surface area contributed by atoms with Crippen molar-refractivity contribution in [3.05, 3.63) is 12.2 Å². The lowest BCUT2D eigenvalue weighted by Gasteiger charge is -2.30. The van der Waals surface area contributed by atoms with E-state index in [1.54, 1.807) is 0 Å². The quantitative estimate of drug-likeness (QED) is 0.291. The van der Waals surface area contributed by atoms with E-state index < -0.39 is 10.8 Å². The van der Waals surface area contributed by atoms with E-state index in [9.17, 15) is 4.21 Å². The van der Waals surface area contributed by atoms with Crippen molar-refractivity contribution in [1.29, 1.82) is 0 Å². The van der Waals surface area contributed by atoms with Crippen LogP contribution in [0, 0.1) is 5.92 Å². The van der Waals surface area contributed by atoms with Gasteiger partial charge < -0.3 is 10.6 Å². The number of nitrogens with one attached hydrogen (secondary N) is 2. The van der Waals surface area contributed by atoms with Crippen LogP contribution in [0.5, 0.6) is 0 Å². The van der Waals surface area contributed by atoms with E-state index in [2.05, 4.69) is 27.8 Å². The molecule has 0 aromatic carbocycles. The maximum Gasteiger partial charge on any atom is 0.191 e. The molecule has 0 saturated heterocycles. The average Bonchev–Trinajstić information content (AvgIpc) is 2.59. The summed E-state index contributed by atoms with van der Waals surface area (Å²) in [7, 11) is 1.17. The van der Waals surface area contributed by atoms with Gasteiger partial charge in [0, 0.05) is 41.4 Å². The molecule has 0 spiro atoms. The van der Waals surface area contributed by atoms with Crippen molar-refractivity contribution in [1.82, 2.24) is 10.6 Å². The number of nitrogens with zero attached hydrogens (tertiary/aromatic N) is 1. The van der Waals surface area contributed by atoms with Gasteiger partial charge in [-0.05, 0) is 44.4 Å². The molecule has 4 nitrogen and oxygen atoms in total. The standard InChI is InChI=1S/C17H31N3OS.HI/c1-3-22(21)16-11-7-10-15(12-16)20-17(18-2)19-13-14-8-5-4-6-9-14;/h4-5,14-16H,3,6-13H2,1-2H3,(H2,18,19,20);1H. The molecule has 0 aromatic heterocycles. The predicted molar refractivity (Wildman–Crippen MR) is 111 cm³/mol. The molecule has 2 N–H and O–H groups in total. The molecule has 0 aliphatic heterocycles. The number of halogens is 1. The van der Waals surface area contributed by atoms with Crippen LogP contribution in [-0.4, -0.2) is 40.8 Å². The third-order valence-electron chi connectivity index (χ3n) is 4.78. The summed E-state index contributed by atoms with van der Waals surface area (Å²) in [6, 6.07) is 0.409. The molecule has 1 fully saturated rings. The zero-order chi connectivity index (χ0) is 15.8. The number of allylic oxidation sites excluding steroid dienone is 2. The monoisotopic (exact) mass is 453 g/mol. The number of guanidine groups is 1. The first-order chi connectivity index (χ1) is 10.7. The third-order valence-corrected chi connectivity index (χ3v) is 6.52. The van der Waals surface area contributed by atoms with Crippen molar-refractivity contribution in [3.63, 3.8) is 0 Å². The Kier molecular flexibility index (Phi) is 10.4. The summed E-state index contributed by atoms with van der Waals surface area (Å²) in [6.07, 6.45) is 12.6. The number of hydrogen-bond acceptors (Lipinski definition) is 2. The Labute approximate surface area is 160 Å². The van der Waals surface area contributed by atoms with Gasteiger partial charge in [-0.15, -0.1) is 24.0 Å². The highest BCUT2D eigenvalue weighted by molar-refractivity contribution is 14.0. The van der Waals surface area contributed by atoms with Gasteiger partial charge in [0.05, 0.1) is 0 Å². The molecule has 0 radical (unpaired) electrons. The minimum Gasteiger partial charge on any atom is -0.356 e. The highest BCUT2D eigenvalue weighted by Crippen LogP contribution is 2.23. The summed E-state index contributed by atoms with van der Waals surface area (Å²) < 4.78 is 12.0. The smallest absolute Gasteiger partial charge is 0.191 e. The molecule has 6 heteroatoms. The van der Waals surface area contributed by atoms with Gasteiger partial charge in [-0.1, -0.05) is 25.5 Å². The zero-order valence-electron chi connectivity index (χ0n) is 14.4. The Bertz CT molecular complexity index is 428. The first-order valence-corrected chi connectivity index (χ1v) is 10.1. The highest BCUT2D eigenvalue weighted by atomic mass is 127. The van der Waals surface area contributed by atoms with E-state index >= 15 is 0 Å². The molecule has 2 rings (SSSR count). The Balaban J connectivity index is 0.00000264. The largest absolute Gasteiger partial charge is 0.356 e. The van der Waals surface area contributed by atoms with E-state index in [-0.39, 0.29) is 24.0 Å². The second kappa shape index (κ2) is 11.4. The molecule has 0 bridgehead atoms. The normalized spacial score (nSPS) is 29.5. The van der Waals surface area contributed by atoms with Crippen LogP contribution < -0.4 is 10.6 Å². The second-order valence-corrected chi connectivity index (χ2v) is 8.41. The van der Waals surface area contributed by atoms with Crippen LogP contribution in [-0.2, 0) is 10.8 Å². The summed E-state index contributed by atoms with van der Waals surface area (Å²) in [4.78, 5) is 4.36. The molecular formula is C17H32IN3OS. The summed E-state index contributed by atoms with van der Waals surface area (Å²) >= 11 is 0. The highest BCUT2D eigenvalue weighted by Gasteiger charge is 2.26. The molecule has 0 heterocycles. The van der Waals surface area contributed by atoms with Gasteiger partial charge in [0.2, 0.25) is 0 Å². The van der Waals surface area contributed by atoms with Crippen LogP contribution in [0.3, 0.4) is 0 Å². The number of aliphatic imine (C=N–C) groups is 1. The van der Waals surface area contributed by atoms with Crippen molar-refractivity contribution < 1.29 is 4.21 Å². The molecule has 2 aliphatic rings. The van der Waals surface area contributed by atoms with Gasteiger partial charge in [0.15, 0.2) is 5.96 Å². The minimum absolute atomic E-state index is 0. The maximum absolute atomic E-state index is 12.0. The van der Waals surface area contributed by atoms with Gasteiger partial charge in [0.25, 0.3) is 0 Å². The third kappa shape index (κ3) is 7.11. The summed E-state index contributed by atoms with van der Waals surface area (Å²) in [5.41, 5.74) is 0. The zero-order valence-corrected chi connectivity index (χ0v) is 17.6. The molecule has 134 valence electrons. The molecule has 23 heavy (non-hydrogen) atoms. The average molecular weight is 453 g/mol. The van der Waals surface area contributed by atoms with Crippen LogP contribution in [0.2, 0.25) is 0 Å². The lowest BCUT2D eigenvalue weighted by Crippen LogP contribution is -2.47. The van der Waals surface area contributed by atoms with Gasteiger partial charge in [-0.2, -0.15) is 0 Å². The lowest BCUT2D eigenvalue weighted by molar-refractivity contribution is 0.409. The second-order valence-electron chi connectivity index (χ2n) is 6.40. The van der Waals surface area contributed by atoms with Crippen molar-refractivity contribution in [2.45, 2.75) is 63.2 Å². The molecule has 1 saturated carbocycles. The van der Waals surface area contributed by atoms with E-state index in [0.717, 1.165) is 43.4 Å². The van der Waals surface area contributed by atoms with Crippen LogP contribution >= 0.6 is 24.0 Å². The number of rotatable bonds is 5. The van der Waals surface area contributed by atoms with E-state index in [1.807, 2.05) is 14.0 Å². The molecule has 4 atom stereocenters. The van der Waals surface area contributed by atoms with Crippen LogP contribution in [0.1, 0.15) is 51.9 Å². The Hall–Kier alpha value is -0.110. The molecule has 4 unspecified atom stereocenters. The Morgan fingerprint density at radius 3 is 2.78 bits per heavy atom. The molecule has 2 aliphatic carbocycles. The van der Waals surface area contributed by atoms with Crippen molar-refractivity contribution in [2.24, 2.45) is 10.9 Å². The summed E-state index contributed by atoms with van der Waals surface area (Å²) in [5, 5.41) is 7.37. The fraction of sp³-hybridized carbons (Fsp3) is 0.824. The first kappa shape index (κ1) is 20.9. The van der Waals surface area contributed by atoms with E-state index in [4.69, 9.17) is 0 Å². The SMILES string of the molecule is CCS(=O)C1CCCC(NC(=NC)NCC2CC=CCC2)C1.I. The topological polar surface area (TPSA) is 53.5 Å². The minimum atomic E-state index is -0.666. The maximum atomic E-state index is 12.0. The van der Waals surface area contributed by atoms with Gasteiger partial charge in [0.1, 0.15) is 0 Å². The van der Waals surface area contributed by atoms with E-state index in [0.29, 0.717) is 11.3 Å². The molecule has 0 amide bonds. The fourth-order valence-corrected chi connectivity index (χ4v) is 4.77. The van der Waals surface area contributed by atoms with E-state index in [1.165, 1.54) is 25.7 Å². The van der Waals surface area contributed by atoms with Crippen LogP contribution in [0.15, 0.2) is 17.1 Å². The van der Waals surface area contributed by atoms with Crippen molar-refractivity contribution in [3.8, 4) is 0 Å². The summed E-state index contributed by atoms with van der Waals surface area (Å²) in [6.45, 7) is 3.01. The van der Waals surface area contributed by atoms with Crippen LogP contribution in [0.4, 0.5) is 0 Å². The first-order valence-electron chi connectivity index (χ1n) is 8.72. The van der Waals surface area contributed by atoms with Gasteiger partial charge >= 0.3 is 0 Å².